The van der Waals surface area contributed by atoms with Crippen molar-refractivity contribution >= 4 is 0 Å². The molecule has 0 aliphatic heterocycles. The number of nitrogens with two attached hydrogens (primary N) is 1. The highest BCUT2D eigenvalue weighted by Gasteiger charge is 2.08. The third-order valence-electron chi connectivity index (χ3n) is 2.28. The molecule has 0 saturated heterocycles. The average Bonchev–Trinajstić information content (AvgIpc) is 1.98. The zero-order chi connectivity index (χ0) is 11.4. The predicted octanol–water partition coefficient (Wildman–Crippen LogP) is 2.88. The van der Waals surface area contributed by atoms with E-state index in [2.05, 4.69) is 0 Å². The van der Waals surface area contributed by atoms with Gasteiger partial charge in [-0.25, -0.2) is 8.78 Å². The fraction of sp³-hybridized carbons (Fsp3) is 0.500. The molecule has 3 heteroatoms. The van der Waals surface area contributed by atoms with Crippen LogP contribution in [0, 0.1) is 17.6 Å². The lowest BCUT2D eigenvalue weighted by Gasteiger charge is -2.13. The molecule has 1 aromatic carbocycles. The minimum atomic E-state index is -0.516. The van der Waals surface area contributed by atoms with Crippen LogP contribution >= 0.6 is 0 Å². The second kappa shape index (κ2) is 5.21. The summed E-state index contributed by atoms with van der Waals surface area (Å²) in [6.45, 7) is 3.97. The number of rotatable bonds is 4. The van der Waals surface area contributed by atoms with E-state index in [9.17, 15) is 8.78 Å². The minimum absolute atomic E-state index is 0.124. The number of hydrogen-bond donors (Lipinski definition) is 1. The first-order valence-electron chi connectivity index (χ1n) is 5.18. The van der Waals surface area contributed by atoms with Crippen LogP contribution in [0.4, 0.5) is 8.78 Å². The Morgan fingerprint density at radius 1 is 1.13 bits per heavy atom. The molecular weight excluding hydrogens is 196 g/mol. The van der Waals surface area contributed by atoms with Gasteiger partial charge >= 0.3 is 0 Å². The van der Waals surface area contributed by atoms with E-state index in [4.69, 9.17) is 5.73 Å². The molecule has 0 aromatic heterocycles. The van der Waals surface area contributed by atoms with Crippen molar-refractivity contribution in [1.82, 2.24) is 0 Å². The van der Waals surface area contributed by atoms with Gasteiger partial charge in [-0.1, -0.05) is 6.92 Å². The van der Waals surface area contributed by atoms with Gasteiger partial charge in [-0.05, 0) is 43.4 Å². The zero-order valence-electron chi connectivity index (χ0n) is 9.13. The maximum Gasteiger partial charge on any atom is 0.126 e. The molecule has 0 heterocycles. The van der Waals surface area contributed by atoms with Gasteiger partial charge in [-0.3, -0.25) is 0 Å². The topological polar surface area (TPSA) is 26.0 Å². The third kappa shape index (κ3) is 4.38. The second-order valence-corrected chi connectivity index (χ2v) is 4.30. The fourth-order valence-electron chi connectivity index (χ4n) is 1.85. The van der Waals surface area contributed by atoms with E-state index in [0.29, 0.717) is 17.9 Å². The summed E-state index contributed by atoms with van der Waals surface area (Å²) in [6, 6.07) is 3.76. The average molecular weight is 213 g/mol. The Hall–Kier alpha value is -0.960. The summed E-state index contributed by atoms with van der Waals surface area (Å²) in [5.74, 6) is -0.692. The summed E-state index contributed by atoms with van der Waals surface area (Å²) in [6.07, 6.45) is 1.52. The Morgan fingerprint density at radius 3 is 2.13 bits per heavy atom. The Kier molecular flexibility index (Phi) is 4.21. The van der Waals surface area contributed by atoms with Crippen molar-refractivity contribution in [3.63, 3.8) is 0 Å². The second-order valence-electron chi connectivity index (χ2n) is 4.30. The highest BCUT2D eigenvalue weighted by Crippen LogP contribution is 2.15. The normalized spacial score (nSPS) is 15.0. The van der Waals surface area contributed by atoms with Gasteiger partial charge in [0.25, 0.3) is 0 Å². The SMILES string of the molecule is CC(N)CC(C)Cc1cc(F)cc(F)c1. The van der Waals surface area contributed by atoms with Crippen molar-refractivity contribution in [2.24, 2.45) is 11.7 Å². The molecule has 0 aliphatic rings. The van der Waals surface area contributed by atoms with Gasteiger partial charge in [-0.15, -0.1) is 0 Å². The first-order valence-corrected chi connectivity index (χ1v) is 5.18. The smallest absolute Gasteiger partial charge is 0.126 e. The summed E-state index contributed by atoms with van der Waals surface area (Å²) in [5, 5.41) is 0. The van der Waals surface area contributed by atoms with Crippen molar-refractivity contribution in [2.45, 2.75) is 32.7 Å². The van der Waals surface area contributed by atoms with Crippen LogP contribution in [0.15, 0.2) is 18.2 Å². The predicted molar refractivity (Wildman–Crippen MR) is 57.5 cm³/mol. The molecule has 1 rings (SSSR count). The molecule has 84 valence electrons. The van der Waals surface area contributed by atoms with Gasteiger partial charge in [0.2, 0.25) is 0 Å². The maximum atomic E-state index is 12.9. The van der Waals surface area contributed by atoms with Gasteiger partial charge in [0.15, 0.2) is 0 Å². The van der Waals surface area contributed by atoms with Gasteiger partial charge in [0.05, 0.1) is 0 Å². The molecule has 2 N–H and O–H groups in total. The molecule has 1 aromatic rings. The molecule has 2 atom stereocenters. The van der Waals surface area contributed by atoms with E-state index in [1.165, 1.54) is 12.1 Å². The molecule has 1 nitrogen and oxygen atoms in total. The Morgan fingerprint density at radius 2 is 1.67 bits per heavy atom. The van der Waals surface area contributed by atoms with Crippen LogP contribution in [0.2, 0.25) is 0 Å². The summed E-state index contributed by atoms with van der Waals surface area (Å²) < 4.78 is 25.8. The molecule has 0 fully saturated rings. The van der Waals surface area contributed by atoms with Crippen molar-refractivity contribution < 1.29 is 8.78 Å². The van der Waals surface area contributed by atoms with E-state index >= 15 is 0 Å². The fourth-order valence-corrected chi connectivity index (χ4v) is 1.85. The molecule has 0 saturated carbocycles. The number of hydrogen-bond acceptors (Lipinski definition) is 1. The van der Waals surface area contributed by atoms with Gasteiger partial charge in [-0.2, -0.15) is 0 Å². The molecule has 0 amide bonds. The van der Waals surface area contributed by atoms with E-state index in [-0.39, 0.29) is 6.04 Å². The maximum absolute atomic E-state index is 12.9. The molecule has 2 unspecified atom stereocenters. The molecule has 0 radical (unpaired) electrons. The lowest BCUT2D eigenvalue weighted by atomic mass is 9.95. The van der Waals surface area contributed by atoms with Crippen LogP contribution in [0.3, 0.4) is 0 Å². The number of benzene rings is 1. The Bertz CT molecular complexity index is 303. The summed E-state index contributed by atoms with van der Waals surface area (Å²) >= 11 is 0. The first kappa shape index (κ1) is 12.1. The Labute approximate surface area is 89.3 Å². The molecule has 0 bridgehead atoms. The summed E-state index contributed by atoms with van der Waals surface area (Å²) in [4.78, 5) is 0. The van der Waals surface area contributed by atoms with Gasteiger partial charge in [0.1, 0.15) is 11.6 Å². The van der Waals surface area contributed by atoms with Crippen LogP contribution in [-0.4, -0.2) is 6.04 Å². The van der Waals surface area contributed by atoms with Gasteiger partial charge < -0.3 is 5.73 Å². The first-order chi connectivity index (χ1) is 6.97. The Balaban J connectivity index is 2.63. The number of halogens is 2. The van der Waals surface area contributed by atoms with Crippen LogP contribution < -0.4 is 5.73 Å². The quantitative estimate of drug-likeness (QED) is 0.817. The zero-order valence-corrected chi connectivity index (χ0v) is 9.13. The summed E-state index contributed by atoms with van der Waals surface area (Å²) in [7, 11) is 0. The lowest BCUT2D eigenvalue weighted by Crippen LogP contribution is -2.19. The molecule has 0 aliphatic carbocycles. The highest BCUT2D eigenvalue weighted by molar-refractivity contribution is 5.18. The largest absolute Gasteiger partial charge is 0.328 e. The van der Waals surface area contributed by atoms with Crippen molar-refractivity contribution in [3.05, 3.63) is 35.4 Å². The third-order valence-corrected chi connectivity index (χ3v) is 2.28. The molecule has 0 spiro atoms. The molecule has 15 heavy (non-hydrogen) atoms. The minimum Gasteiger partial charge on any atom is -0.328 e. The van der Waals surface area contributed by atoms with Crippen molar-refractivity contribution in [2.75, 3.05) is 0 Å². The van der Waals surface area contributed by atoms with E-state index in [1.54, 1.807) is 0 Å². The van der Waals surface area contributed by atoms with E-state index in [0.717, 1.165) is 12.5 Å². The summed E-state index contributed by atoms with van der Waals surface area (Å²) in [5.41, 5.74) is 6.35. The highest BCUT2D eigenvalue weighted by atomic mass is 19.1. The van der Waals surface area contributed by atoms with Crippen LogP contribution in [-0.2, 0) is 6.42 Å². The standard InChI is InChI=1S/C12H17F2N/c1-8(3-9(2)15)4-10-5-11(13)7-12(14)6-10/h5-9H,3-4,15H2,1-2H3. The van der Waals surface area contributed by atoms with Crippen LogP contribution in [0.25, 0.3) is 0 Å². The molecular formula is C12H17F2N. The van der Waals surface area contributed by atoms with Crippen molar-refractivity contribution in [3.8, 4) is 0 Å². The van der Waals surface area contributed by atoms with Crippen LogP contribution in [0.1, 0.15) is 25.8 Å². The van der Waals surface area contributed by atoms with E-state index < -0.39 is 11.6 Å². The van der Waals surface area contributed by atoms with Crippen LogP contribution in [0.5, 0.6) is 0 Å². The lowest BCUT2D eigenvalue weighted by molar-refractivity contribution is 0.476. The van der Waals surface area contributed by atoms with Gasteiger partial charge in [0, 0.05) is 12.1 Å². The van der Waals surface area contributed by atoms with E-state index in [1.807, 2.05) is 13.8 Å². The van der Waals surface area contributed by atoms with Crippen molar-refractivity contribution in [1.29, 1.82) is 0 Å². The monoisotopic (exact) mass is 213 g/mol.